The molecule has 0 bridgehead atoms. The molecule has 0 atom stereocenters. The Labute approximate surface area is 166 Å². The third-order valence-electron chi connectivity index (χ3n) is 0.1000. The van der Waals surface area contributed by atoms with Gasteiger partial charge in [-0.3, -0.25) is 0 Å². The van der Waals surface area contributed by atoms with Gasteiger partial charge >= 0.3 is 118 Å². The first kappa shape index (κ1) is 36.0. The summed E-state index contributed by atoms with van der Waals surface area (Å²) in [5.41, 5.74) is 0. The molecule has 6 nitrogen and oxygen atoms in total. The van der Waals surface area contributed by atoms with Crippen molar-refractivity contribution in [1.29, 1.82) is 0 Å². The molecule has 2 N–H and O–H groups in total. The van der Waals surface area contributed by atoms with Gasteiger partial charge in [-0.25, -0.2) is 0 Å². The summed E-state index contributed by atoms with van der Waals surface area (Å²) in [4.78, 5) is 34.3. The molecular weight excluding hydrogens is 240 g/mol. The van der Waals surface area contributed by atoms with Gasteiger partial charge in [-0.1, -0.05) is 0 Å². The fourth-order valence-electron chi connectivity index (χ4n) is 0. The molecule has 0 unspecified atom stereocenters. The summed E-state index contributed by atoms with van der Waals surface area (Å²) in [6, 6.07) is 0. The summed E-state index contributed by atoms with van der Waals surface area (Å²) >= 11 is 0. The van der Waals surface area contributed by atoms with E-state index in [9.17, 15) is 0 Å². The van der Waals surface area contributed by atoms with Crippen LogP contribution in [-0.2, 0) is 0 Å². The van der Waals surface area contributed by atoms with E-state index in [4.69, 9.17) is 29.4 Å². The predicted octanol–water partition coefficient (Wildman–Crippen LogP) is -18.1. The third kappa shape index (κ3) is 126. The molecule has 0 fully saturated rings. The maximum Gasteiger partial charge on any atom is 1.00 e. The molecule has 0 aliphatic heterocycles. The van der Waals surface area contributed by atoms with Crippen LogP contribution in [0, 0.1) is 0 Å². The van der Waals surface area contributed by atoms with Crippen molar-refractivity contribution in [2.24, 2.45) is 0 Å². The van der Waals surface area contributed by atoms with Gasteiger partial charge in [0.25, 0.3) is 0 Å². The fourth-order valence-corrected chi connectivity index (χ4v) is 0. The topological polar surface area (TPSA) is 133 Å². The van der Waals surface area contributed by atoms with E-state index in [1.807, 2.05) is 0 Å². The summed E-state index contributed by atoms with van der Waals surface area (Å²) in [6.07, 6.45) is 0. The summed E-state index contributed by atoms with van der Waals surface area (Å²) in [5.74, 6) is 0. The van der Waals surface area contributed by atoms with Crippen LogP contribution in [-0.4, -0.2) is 32.5 Å². The summed E-state index contributed by atoms with van der Waals surface area (Å²) in [6.45, 7) is -0.250. The Bertz CT molecular complexity index is 53.1. The summed E-state index contributed by atoms with van der Waals surface area (Å²) < 4.78 is 0. The quantitative estimate of drug-likeness (QED) is 0.441. The van der Waals surface area contributed by atoms with Crippen molar-refractivity contribution in [3.8, 4) is 0 Å². The molecule has 0 amide bonds. The molecule has 13 heavy (non-hydrogen) atoms. The molecule has 58 valence electrons. The standard InChI is InChI=1S/C2H6O2.4Na.O4Si/c3-1-2-4;;;;;1-5(2,3)4/h3-4H,1-2H2;;;;;/q;4*+1;-4. The average molecular weight is 246 g/mol. The van der Waals surface area contributed by atoms with Crippen LogP contribution in [0.4, 0.5) is 0 Å². The van der Waals surface area contributed by atoms with Crippen LogP contribution in [0.3, 0.4) is 0 Å². The largest absolute Gasteiger partial charge is 1.00 e. The average Bonchev–Trinajstić information content (AvgIpc) is 1.61. The molecule has 0 heterocycles. The van der Waals surface area contributed by atoms with Gasteiger partial charge in [0.05, 0.1) is 13.2 Å². The molecule has 0 spiro atoms. The molecule has 0 rings (SSSR count). The molecule has 0 saturated heterocycles. The van der Waals surface area contributed by atoms with Crippen molar-refractivity contribution in [1.82, 2.24) is 0 Å². The van der Waals surface area contributed by atoms with Crippen molar-refractivity contribution < 1.29 is 148 Å². The minimum absolute atomic E-state index is 0. The normalized spacial score (nSPS) is 6.92. The molecule has 0 aromatic rings. The van der Waals surface area contributed by atoms with E-state index >= 15 is 0 Å². The first-order valence-corrected chi connectivity index (χ1v) is 3.58. The molecular formula is C2H6Na4O6Si. The molecule has 0 aromatic carbocycles. The van der Waals surface area contributed by atoms with Gasteiger partial charge in [-0.05, 0) is 0 Å². The number of hydrogen-bond donors (Lipinski definition) is 2. The number of rotatable bonds is 1. The Hall–Kier alpha value is 3.98. The van der Waals surface area contributed by atoms with Gasteiger partial charge in [0.15, 0.2) is 0 Å². The van der Waals surface area contributed by atoms with Crippen molar-refractivity contribution in [3.05, 3.63) is 0 Å². The van der Waals surface area contributed by atoms with Crippen LogP contribution in [0.5, 0.6) is 0 Å². The van der Waals surface area contributed by atoms with Crippen LogP contribution in [0.25, 0.3) is 0 Å². The Morgan fingerprint density at radius 3 is 0.769 bits per heavy atom. The Morgan fingerprint density at radius 1 is 0.692 bits per heavy atom. The molecule has 0 saturated carbocycles. The van der Waals surface area contributed by atoms with Gasteiger partial charge in [-0.2, -0.15) is 0 Å². The Morgan fingerprint density at radius 2 is 0.769 bits per heavy atom. The van der Waals surface area contributed by atoms with Crippen LogP contribution in [0.15, 0.2) is 0 Å². The zero-order valence-electron chi connectivity index (χ0n) is 8.44. The Balaban J connectivity index is -0.0000000146. The van der Waals surface area contributed by atoms with E-state index in [2.05, 4.69) is 0 Å². The van der Waals surface area contributed by atoms with E-state index < -0.39 is 9.05 Å². The minimum atomic E-state index is -5.61. The Kier molecular flexibility index (Phi) is 69.1. The first-order chi connectivity index (χ1) is 3.91. The van der Waals surface area contributed by atoms with Crippen molar-refractivity contribution in [3.63, 3.8) is 0 Å². The maximum absolute atomic E-state index is 8.58. The van der Waals surface area contributed by atoms with Crippen molar-refractivity contribution in [2.45, 2.75) is 0 Å². The van der Waals surface area contributed by atoms with E-state index in [-0.39, 0.29) is 131 Å². The van der Waals surface area contributed by atoms with Crippen LogP contribution in [0.2, 0.25) is 0 Å². The smallest absolute Gasteiger partial charge is 0.894 e. The van der Waals surface area contributed by atoms with Crippen molar-refractivity contribution >= 4 is 9.05 Å². The minimum Gasteiger partial charge on any atom is -0.894 e. The maximum atomic E-state index is 8.58. The number of aliphatic hydroxyl groups is 2. The predicted molar refractivity (Wildman–Crippen MR) is 19.9 cm³/mol. The summed E-state index contributed by atoms with van der Waals surface area (Å²) in [7, 11) is -5.61. The number of hydrogen-bond acceptors (Lipinski definition) is 6. The monoisotopic (exact) mass is 246 g/mol. The number of aliphatic hydroxyl groups excluding tert-OH is 2. The van der Waals surface area contributed by atoms with E-state index in [0.717, 1.165) is 0 Å². The van der Waals surface area contributed by atoms with Crippen LogP contribution < -0.4 is 137 Å². The second kappa shape index (κ2) is 25.0. The van der Waals surface area contributed by atoms with E-state index in [1.165, 1.54) is 0 Å². The zero-order valence-corrected chi connectivity index (χ0v) is 17.4. The van der Waals surface area contributed by atoms with Gasteiger partial charge in [-0.15, -0.1) is 0 Å². The van der Waals surface area contributed by atoms with Gasteiger partial charge < -0.3 is 38.4 Å². The SMILES string of the molecule is OCCO.[Na+].[Na+].[Na+].[Na+].[O-][Si]([O-])([O-])[O-]. The third-order valence-corrected chi connectivity index (χ3v) is 0.1000. The zero-order chi connectivity index (χ0) is 7.91. The van der Waals surface area contributed by atoms with E-state index in [1.54, 1.807) is 0 Å². The second-order valence-electron chi connectivity index (χ2n) is 0.947. The fraction of sp³-hybridized carbons (Fsp3) is 1.00. The van der Waals surface area contributed by atoms with Crippen LogP contribution >= 0.6 is 0 Å². The molecule has 0 aliphatic rings. The molecule has 11 heteroatoms. The first-order valence-electron chi connectivity index (χ1n) is 1.95. The van der Waals surface area contributed by atoms with Gasteiger partial charge in [0, 0.05) is 0 Å². The van der Waals surface area contributed by atoms with Gasteiger partial charge in [0.1, 0.15) is 0 Å². The summed E-state index contributed by atoms with van der Waals surface area (Å²) in [5, 5.41) is 15.2. The second-order valence-corrected chi connectivity index (χ2v) is 1.95. The van der Waals surface area contributed by atoms with Crippen LogP contribution in [0.1, 0.15) is 0 Å². The molecule has 0 aromatic heterocycles. The molecule has 0 radical (unpaired) electrons. The van der Waals surface area contributed by atoms with Crippen molar-refractivity contribution in [2.75, 3.05) is 13.2 Å². The van der Waals surface area contributed by atoms with E-state index in [0.29, 0.717) is 0 Å². The van der Waals surface area contributed by atoms with Gasteiger partial charge in [0.2, 0.25) is 0 Å². The molecule has 0 aliphatic carbocycles.